The number of aryl methyl sites for hydroxylation is 1. The van der Waals surface area contributed by atoms with E-state index >= 15 is 0 Å². The fraction of sp³-hybridized carbons (Fsp3) is 0.429. The summed E-state index contributed by atoms with van der Waals surface area (Å²) in [4.78, 5) is 15.8. The summed E-state index contributed by atoms with van der Waals surface area (Å²) in [7, 11) is 1.68. The minimum atomic E-state index is -0.589. The zero-order chi connectivity index (χ0) is 21.1. The lowest BCUT2D eigenvalue weighted by molar-refractivity contribution is 0.0972. The molecule has 0 fully saturated rings. The molecule has 0 unspecified atom stereocenters. The molecule has 0 saturated heterocycles. The Labute approximate surface area is 171 Å². The van der Waals surface area contributed by atoms with Crippen molar-refractivity contribution in [2.45, 2.75) is 33.4 Å². The average Bonchev–Trinajstić information content (AvgIpc) is 3.18. The summed E-state index contributed by atoms with van der Waals surface area (Å²) in [6, 6.07) is 9.36. The van der Waals surface area contributed by atoms with Gasteiger partial charge >= 0.3 is 0 Å². The molecule has 0 bridgehead atoms. The summed E-state index contributed by atoms with van der Waals surface area (Å²) in [6.45, 7) is 6.83. The number of hydrogen-bond acceptors (Lipinski definition) is 5. The lowest BCUT2D eigenvalue weighted by Crippen LogP contribution is -2.36. The van der Waals surface area contributed by atoms with Crippen LogP contribution in [0.25, 0.3) is 0 Å². The molecule has 1 heterocycles. The second kappa shape index (κ2) is 11.8. The van der Waals surface area contributed by atoms with Gasteiger partial charge in [-0.1, -0.05) is 12.1 Å². The summed E-state index contributed by atoms with van der Waals surface area (Å²) in [6.07, 6.45) is 0.827. The Morgan fingerprint density at radius 2 is 2.03 bits per heavy atom. The molecule has 0 atom stereocenters. The Hall–Kier alpha value is -3.00. The first-order valence-corrected chi connectivity index (χ1v) is 9.65. The number of rotatable bonds is 11. The van der Waals surface area contributed by atoms with Gasteiger partial charge in [0, 0.05) is 32.2 Å². The number of nitrogens with zero attached hydrogens (tertiary/aromatic N) is 1. The van der Waals surface area contributed by atoms with Gasteiger partial charge in [-0.3, -0.25) is 4.79 Å². The number of methoxy groups -OCH3 is 1. The topological polar surface area (TPSA) is 111 Å². The third-order valence-corrected chi connectivity index (χ3v) is 4.06. The molecule has 1 amide bonds. The Balaban J connectivity index is 2.01. The fourth-order valence-electron chi connectivity index (χ4n) is 2.59. The van der Waals surface area contributed by atoms with Crippen LogP contribution in [0.2, 0.25) is 0 Å². The molecule has 4 N–H and O–H groups in total. The second-order valence-electron chi connectivity index (χ2n) is 6.48. The first-order chi connectivity index (χ1) is 14.0. The van der Waals surface area contributed by atoms with Gasteiger partial charge in [-0.05, 0) is 37.6 Å². The smallest absolute Gasteiger partial charge is 0.284 e. The SMILES string of the molecule is CCNC(=NCc1ccc(C)cc1OCCCOC)NCc1ccc(C(N)=O)o1. The van der Waals surface area contributed by atoms with Gasteiger partial charge in [0.2, 0.25) is 0 Å². The van der Waals surface area contributed by atoms with Crippen LogP contribution in [0.4, 0.5) is 0 Å². The number of carbonyl (C=O) groups is 1. The van der Waals surface area contributed by atoms with Gasteiger partial charge in [0.25, 0.3) is 5.91 Å². The highest BCUT2D eigenvalue weighted by Gasteiger charge is 2.08. The quantitative estimate of drug-likeness (QED) is 0.302. The van der Waals surface area contributed by atoms with Crippen LogP contribution in [0.3, 0.4) is 0 Å². The van der Waals surface area contributed by atoms with Crippen LogP contribution in [0.1, 0.15) is 40.8 Å². The predicted molar refractivity (Wildman–Crippen MR) is 112 cm³/mol. The zero-order valence-electron chi connectivity index (χ0n) is 17.3. The summed E-state index contributed by atoms with van der Waals surface area (Å²) in [5.74, 6) is 1.61. The van der Waals surface area contributed by atoms with Crippen molar-refractivity contribution in [1.82, 2.24) is 10.6 Å². The minimum Gasteiger partial charge on any atom is -0.493 e. The molecule has 0 spiro atoms. The Kier molecular flexibility index (Phi) is 9.04. The van der Waals surface area contributed by atoms with Crippen molar-refractivity contribution in [3.63, 3.8) is 0 Å². The van der Waals surface area contributed by atoms with Gasteiger partial charge in [-0.25, -0.2) is 4.99 Å². The summed E-state index contributed by atoms with van der Waals surface area (Å²) < 4.78 is 16.4. The van der Waals surface area contributed by atoms with Crippen LogP contribution >= 0.6 is 0 Å². The number of furan rings is 1. The number of primary amides is 1. The van der Waals surface area contributed by atoms with Crippen LogP contribution in [0.5, 0.6) is 5.75 Å². The molecule has 0 aliphatic carbocycles. The number of nitrogens with one attached hydrogen (secondary N) is 2. The van der Waals surface area contributed by atoms with E-state index in [1.807, 2.05) is 32.0 Å². The molecule has 0 radical (unpaired) electrons. The monoisotopic (exact) mass is 402 g/mol. The molecule has 1 aromatic heterocycles. The maximum Gasteiger partial charge on any atom is 0.284 e. The lowest BCUT2D eigenvalue weighted by Gasteiger charge is -2.13. The number of aliphatic imine (C=N–C) groups is 1. The molecule has 8 heteroatoms. The highest BCUT2D eigenvalue weighted by atomic mass is 16.5. The zero-order valence-corrected chi connectivity index (χ0v) is 17.3. The molecule has 2 rings (SSSR count). The maximum atomic E-state index is 11.1. The molecule has 0 aliphatic heterocycles. The van der Waals surface area contributed by atoms with Crippen molar-refractivity contribution in [2.75, 3.05) is 26.9 Å². The van der Waals surface area contributed by atoms with Crippen molar-refractivity contribution in [3.05, 3.63) is 53.0 Å². The number of hydrogen-bond donors (Lipinski definition) is 3. The summed E-state index contributed by atoms with van der Waals surface area (Å²) in [5, 5.41) is 6.38. The highest BCUT2D eigenvalue weighted by Crippen LogP contribution is 2.21. The van der Waals surface area contributed by atoms with Crippen molar-refractivity contribution in [2.24, 2.45) is 10.7 Å². The molecule has 1 aromatic carbocycles. The molecule has 0 saturated carbocycles. The maximum absolute atomic E-state index is 11.1. The van der Waals surface area contributed by atoms with Gasteiger partial charge in [-0.2, -0.15) is 0 Å². The first kappa shape index (κ1) is 22.3. The van der Waals surface area contributed by atoms with Crippen LogP contribution in [-0.2, 0) is 17.8 Å². The second-order valence-corrected chi connectivity index (χ2v) is 6.48. The Bertz CT molecular complexity index is 817. The average molecular weight is 402 g/mol. The van der Waals surface area contributed by atoms with Crippen LogP contribution in [0, 0.1) is 6.92 Å². The minimum absolute atomic E-state index is 0.138. The van der Waals surface area contributed by atoms with E-state index in [0.717, 1.165) is 23.3 Å². The molecule has 8 nitrogen and oxygen atoms in total. The van der Waals surface area contributed by atoms with Crippen LogP contribution in [0.15, 0.2) is 39.7 Å². The summed E-state index contributed by atoms with van der Waals surface area (Å²) in [5.41, 5.74) is 7.34. The number of ether oxygens (including phenoxy) is 2. The van der Waals surface area contributed by atoms with E-state index in [1.165, 1.54) is 0 Å². The summed E-state index contributed by atoms with van der Waals surface area (Å²) >= 11 is 0. The Morgan fingerprint density at radius 3 is 2.72 bits per heavy atom. The number of carbonyl (C=O) groups excluding carboxylic acids is 1. The van der Waals surface area contributed by atoms with Gasteiger partial charge in [-0.15, -0.1) is 0 Å². The van der Waals surface area contributed by atoms with E-state index in [0.29, 0.717) is 44.6 Å². The van der Waals surface area contributed by atoms with Crippen molar-refractivity contribution < 1.29 is 18.7 Å². The normalized spacial score (nSPS) is 11.3. The number of nitrogens with two attached hydrogens (primary N) is 1. The van der Waals surface area contributed by atoms with E-state index in [9.17, 15) is 4.79 Å². The molecule has 2 aromatic rings. The van der Waals surface area contributed by atoms with E-state index in [-0.39, 0.29) is 5.76 Å². The van der Waals surface area contributed by atoms with Gasteiger partial charge in [0.05, 0.1) is 19.7 Å². The predicted octanol–water partition coefficient (Wildman–Crippen LogP) is 2.36. The van der Waals surface area contributed by atoms with Crippen molar-refractivity contribution >= 4 is 11.9 Å². The highest BCUT2D eigenvalue weighted by molar-refractivity contribution is 5.89. The van der Waals surface area contributed by atoms with Crippen molar-refractivity contribution in [3.8, 4) is 5.75 Å². The standard InChI is InChI=1S/C21H30N4O4/c1-4-23-21(25-14-17-8-9-18(29-17)20(22)26)24-13-16-7-6-15(2)12-19(16)28-11-5-10-27-3/h6-9,12H,4-5,10-11,13-14H2,1-3H3,(H2,22,26)(H2,23,24,25). The van der Waals surface area contributed by atoms with E-state index in [4.69, 9.17) is 19.6 Å². The van der Waals surface area contributed by atoms with Crippen molar-refractivity contribution in [1.29, 1.82) is 0 Å². The van der Waals surface area contributed by atoms with E-state index < -0.39 is 5.91 Å². The van der Waals surface area contributed by atoms with Crippen LogP contribution in [-0.4, -0.2) is 38.7 Å². The third kappa shape index (κ3) is 7.50. The van der Waals surface area contributed by atoms with E-state index in [2.05, 4.69) is 15.6 Å². The molecule has 158 valence electrons. The molecular weight excluding hydrogens is 372 g/mol. The van der Waals surface area contributed by atoms with E-state index in [1.54, 1.807) is 19.2 Å². The third-order valence-electron chi connectivity index (χ3n) is 4.06. The first-order valence-electron chi connectivity index (χ1n) is 9.65. The Morgan fingerprint density at radius 1 is 1.21 bits per heavy atom. The molecular formula is C21H30N4O4. The number of benzene rings is 1. The molecule has 29 heavy (non-hydrogen) atoms. The fourth-order valence-corrected chi connectivity index (χ4v) is 2.59. The number of guanidine groups is 1. The molecule has 0 aliphatic rings. The number of amides is 1. The van der Waals surface area contributed by atoms with Gasteiger partial charge < -0.3 is 30.3 Å². The van der Waals surface area contributed by atoms with Crippen LogP contribution < -0.4 is 21.1 Å². The largest absolute Gasteiger partial charge is 0.493 e. The lowest BCUT2D eigenvalue weighted by atomic mass is 10.1. The van der Waals surface area contributed by atoms with Gasteiger partial charge in [0.15, 0.2) is 11.7 Å². The van der Waals surface area contributed by atoms with Gasteiger partial charge in [0.1, 0.15) is 11.5 Å².